The van der Waals surface area contributed by atoms with Crippen molar-refractivity contribution in [2.75, 3.05) is 19.6 Å². The van der Waals surface area contributed by atoms with E-state index >= 15 is 0 Å². The molecule has 3 amide bonds. The maximum absolute atomic E-state index is 11.4. The molecule has 5 nitrogen and oxygen atoms in total. The van der Waals surface area contributed by atoms with Crippen molar-refractivity contribution < 1.29 is 9.59 Å². The van der Waals surface area contributed by atoms with Gasteiger partial charge < -0.3 is 10.6 Å². The summed E-state index contributed by atoms with van der Waals surface area (Å²) in [6.07, 6.45) is 4.57. The number of urea groups is 1. The van der Waals surface area contributed by atoms with Crippen LogP contribution in [0.4, 0.5) is 4.79 Å². The zero-order chi connectivity index (χ0) is 14.8. The molecular weight excluding hydrogens is 254 g/mol. The van der Waals surface area contributed by atoms with E-state index in [1.54, 1.807) is 0 Å². The van der Waals surface area contributed by atoms with E-state index in [9.17, 15) is 9.59 Å². The zero-order valence-electron chi connectivity index (χ0n) is 12.9. The van der Waals surface area contributed by atoms with E-state index in [1.807, 2.05) is 0 Å². The lowest BCUT2D eigenvalue weighted by Crippen LogP contribution is -2.42. The highest BCUT2D eigenvalue weighted by Crippen LogP contribution is 2.38. The van der Waals surface area contributed by atoms with Gasteiger partial charge in [-0.2, -0.15) is 0 Å². The summed E-state index contributed by atoms with van der Waals surface area (Å²) in [5.41, 5.74) is 0.470. The molecule has 0 aromatic carbocycles. The van der Waals surface area contributed by atoms with Crippen molar-refractivity contribution >= 4 is 11.9 Å². The summed E-state index contributed by atoms with van der Waals surface area (Å²) in [6, 6.07) is 0.328. The van der Waals surface area contributed by atoms with Gasteiger partial charge in [0.2, 0.25) is 5.91 Å². The summed E-state index contributed by atoms with van der Waals surface area (Å²) >= 11 is 0. The maximum atomic E-state index is 11.4. The van der Waals surface area contributed by atoms with Gasteiger partial charge in [-0.1, -0.05) is 20.8 Å². The highest BCUT2D eigenvalue weighted by atomic mass is 16.2. The third kappa shape index (κ3) is 3.72. The smallest absolute Gasteiger partial charge is 0.324 e. The van der Waals surface area contributed by atoms with Crippen molar-refractivity contribution in [2.45, 2.75) is 52.5 Å². The second-order valence-corrected chi connectivity index (χ2v) is 7.00. The predicted molar refractivity (Wildman–Crippen MR) is 78.3 cm³/mol. The van der Waals surface area contributed by atoms with Crippen LogP contribution >= 0.6 is 0 Å². The van der Waals surface area contributed by atoms with Crippen molar-refractivity contribution in [2.24, 2.45) is 11.3 Å². The Labute approximate surface area is 121 Å². The molecule has 2 fully saturated rings. The fourth-order valence-corrected chi connectivity index (χ4v) is 3.46. The first-order valence-electron chi connectivity index (χ1n) is 7.71. The van der Waals surface area contributed by atoms with E-state index in [4.69, 9.17) is 0 Å². The second kappa shape index (κ2) is 6.12. The van der Waals surface area contributed by atoms with Gasteiger partial charge in [0.15, 0.2) is 0 Å². The largest absolute Gasteiger partial charge is 0.329 e. The molecule has 1 aliphatic carbocycles. The van der Waals surface area contributed by atoms with Gasteiger partial charge >= 0.3 is 6.03 Å². The Bertz CT molecular complexity index is 365. The number of carbonyl (C=O) groups is 2. The number of carbonyl (C=O) groups excluding carboxylic acids is 2. The molecule has 2 N–H and O–H groups in total. The van der Waals surface area contributed by atoms with Crippen LogP contribution in [0.25, 0.3) is 0 Å². The standard InChI is InChI=1S/C15H27N3O2/c1-11-9-15(2,3)6-5-12(11)16-7-4-8-18-13(19)10-17-14(18)20/h11-12,16H,4-10H2,1-3H3,(H,17,20)/t11-,12+/m1/s1. The first-order valence-corrected chi connectivity index (χ1v) is 7.71. The summed E-state index contributed by atoms with van der Waals surface area (Å²) in [4.78, 5) is 24.1. The van der Waals surface area contributed by atoms with Crippen LogP contribution in [0, 0.1) is 11.3 Å². The number of rotatable bonds is 5. The summed E-state index contributed by atoms with van der Waals surface area (Å²) < 4.78 is 0. The average Bonchev–Trinajstić information content (AvgIpc) is 2.67. The third-order valence-corrected chi connectivity index (χ3v) is 4.60. The van der Waals surface area contributed by atoms with Crippen LogP contribution in [-0.4, -0.2) is 42.5 Å². The first kappa shape index (κ1) is 15.3. The van der Waals surface area contributed by atoms with Gasteiger partial charge in [0, 0.05) is 12.6 Å². The molecule has 1 aliphatic heterocycles. The monoisotopic (exact) mass is 281 g/mol. The Hall–Kier alpha value is -1.10. The van der Waals surface area contributed by atoms with Gasteiger partial charge in [0.05, 0.1) is 6.54 Å². The van der Waals surface area contributed by atoms with Crippen molar-refractivity contribution in [3.63, 3.8) is 0 Å². The minimum absolute atomic E-state index is 0.109. The lowest BCUT2D eigenvalue weighted by Gasteiger charge is -2.39. The molecular formula is C15H27N3O2. The van der Waals surface area contributed by atoms with E-state index in [0.29, 0.717) is 23.9 Å². The van der Waals surface area contributed by atoms with Crippen LogP contribution in [-0.2, 0) is 4.79 Å². The Morgan fingerprint density at radius 1 is 1.40 bits per heavy atom. The normalized spacial score (nSPS) is 29.6. The fourth-order valence-electron chi connectivity index (χ4n) is 3.46. The van der Waals surface area contributed by atoms with E-state index < -0.39 is 0 Å². The van der Waals surface area contributed by atoms with E-state index in [2.05, 4.69) is 31.4 Å². The van der Waals surface area contributed by atoms with Gasteiger partial charge in [-0.05, 0) is 43.6 Å². The molecule has 2 atom stereocenters. The molecule has 0 aromatic heterocycles. The number of imide groups is 1. The molecule has 20 heavy (non-hydrogen) atoms. The summed E-state index contributed by atoms with van der Waals surface area (Å²) in [7, 11) is 0. The quantitative estimate of drug-likeness (QED) is 0.596. The second-order valence-electron chi connectivity index (χ2n) is 7.00. The zero-order valence-corrected chi connectivity index (χ0v) is 12.9. The molecule has 5 heteroatoms. The number of nitrogens with one attached hydrogen (secondary N) is 2. The molecule has 0 bridgehead atoms. The summed E-state index contributed by atoms with van der Waals surface area (Å²) in [5, 5.41) is 6.14. The molecule has 114 valence electrons. The SMILES string of the molecule is C[C@@H]1CC(C)(C)CC[C@@H]1NCCCN1C(=O)CNC1=O. The summed E-state index contributed by atoms with van der Waals surface area (Å²) in [6.45, 7) is 8.54. The minimum Gasteiger partial charge on any atom is -0.329 e. The molecule has 0 aromatic rings. The van der Waals surface area contributed by atoms with Crippen LogP contribution in [0.1, 0.15) is 46.5 Å². The van der Waals surface area contributed by atoms with Gasteiger partial charge in [-0.15, -0.1) is 0 Å². The number of hydrogen-bond donors (Lipinski definition) is 2. The van der Waals surface area contributed by atoms with Crippen LogP contribution in [0.2, 0.25) is 0 Å². The van der Waals surface area contributed by atoms with Crippen molar-refractivity contribution in [1.29, 1.82) is 0 Å². The highest BCUT2D eigenvalue weighted by molar-refractivity contribution is 6.01. The number of amides is 3. The lowest BCUT2D eigenvalue weighted by molar-refractivity contribution is -0.125. The molecule has 2 aliphatic rings. The fraction of sp³-hybridized carbons (Fsp3) is 0.867. The molecule has 2 rings (SSSR count). The van der Waals surface area contributed by atoms with Crippen molar-refractivity contribution in [3.8, 4) is 0 Å². The number of hydrogen-bond acceptors (Lipinski definition) is 3. The number of nitrogens with zero attached hydrogens (tertiary/aromatic N) is 1. The predicted octanol–water partition coefficient (Wildman–Crippen LogP) is 1.73. The molecule has 1 saturated heterocycles. The van der Waals surface area contributed by atoms with Gasteiger partial charge in [0.1, 0.15) is 0 Å². The Kier molecular flexibility index (Phi) is 4.68. The maximum Gasteiger partial charge on any atom is 0.324 e. The molecule has 0 radical (unpaired) electrons. The topological polar surface area (TPSA) is 61.4 Å². The van der Waals surface area contributed by atoms with Gasteiger partial charge in [0.25, 0.3) is 0 Å². The Balaban J connectivity index is 1.66. The molecule has 1 saturated carbocycles. The van der Waals surface area contributed by atoms with Gasteiger partial charge in [-0.25, -0.2) is 4.79 Å². The average molecular weight is 281 g/mol. The van der Waals surface area contributed by atoms with Crippen LogP contribution in [0.5, 0.6) is 0 Å². The van der Waals surface area contributed by atoms with Crippen LogP contribution in [0.15, 0.2) is 0 Å². The van der Waals surface area contributed by atoms with Crippen molar-refractivity contribution in [3.05, 3.63) is 0 Å². The van der Waals surface area contributed by atoms with Crippen LogP contribution < -0.4 is 10.6 Å². The van der Waals surface area contributed by atoms with E-state index in [0.717, 1.165) is 13.0 Å². The first-order chi connectivity index (χ1) is 9.39. The molecule has 0 unspecified atom stereocenters. The van der Waals surface area contributed by atoms with E-state index in [1.165, 1.54) is 24.2 Å². The minimum atomic E-state index is -0.247. The highest BCUT2D eigenvalue weighted by Gasteiger charge is 2.32. The molecule has 1 heterocycles. The molecule has 0 spiro atoms. The van der Waals surface area contributed by atoms with Gasteiger partial charge in [-0.3, -0.25) is 9.69 Å². The van der Waals surface area contributed by atoms with E-state index in [-0.39, 0.29) is 18.5 Å². The summed E-state index contributed by atoms with van der Waals surface area (Å²) in [5.74, 6) is 0.582. The third-order valence-electron chi connectivity index (χ3n) is 4.60. The van der Waals surface area contributed by atoms with Crippen molar-refractivity contribution in [1.82, 2.24) is 15.5 Å². The Morgan fingerprint density at radius 3 is 2.75 bits per heavy atom. The van der Waals surface area contributed by atoms with Crippen LogP contribution in [0.3, 0.4) is 0 Å². The lowest BCUT2D eigenvalue weighted by atomic mass is 9.70. The Morgan fingerprint density at radius 2 is 2.15 bits per heavy atom.